The summed E-state index contributed by atoms with van der Waals surface area (Å²) in [7, 11) is -4.09. The third-order valence-electron chi connectivity index (χ3n) is 7.78. The maximum Gasteiger partial charge on any atom is 0.244 e. The molecule has 40 heavy (non-hydrogen) atoms. The predicted octanol–water partition coefficient (Wildman–Crippen LogP) is 2.57. The fraction of sp³-hybridized carbons (Fsp3) is 0.400. The Morgan fingerprint density at radius 1 is 0.975 bits per heavy atom. The zero-order valence-corrected chi connectivity index (χ0v) is 22.9. The molecule has 2 aliphatic rings. The van der Waals surface area contributed by atoms with Crippen LogP contribution in [0.1, 0.15) is 18.4 Å². The molecule has 1 saturated carbocycles. The number of nitrogens with zero attached hydrogens (tertiary/aromatic N) is 1. The highest BCUT2D eigenvalue weighted by Gasteiger charge is 2.46. The number of sulfonamides is 1. The topological polar surface area (TPSA) is 119 Å². The zero-order valence-electron chi connectivity index (χ0n) is 22.1. The second-order valence-electron chi connectivity index (χ2n) is 10.9. The minimum absolute atomic E-state index is 0.0162. The van der Waals surface area contributed by atoms with Crippen LogP contribution in [0.3, 0.4) is 0 Å². The van der Waals surface area contributed by atoms with Crippen LogP contribution in [0.15, 0.2) is 77.7 Å². The van der Waals surface area contributed by atoms with Crippen molar-refractivity contribution in [3.63, 3.8) is 0 Å². The van der Waals surface area contributed by atoms with Gasteiger partial charge < -0.3 is 20.1 Å². The summed E-state index contributed by atoms with van der Waals surface area (Å²) in [6.45, 7) is 0.997. The Kier molecular flexibility index (Phi) is 8.55. The van der Waals surface area contributed by atoms with E-state index in [0.717, 1.165) is 5.56 Å². The SMILES string of the molecule is O=S1(=O)NC[C@H](O)CN(CCc2ccccc2)CC2(COc3cc(-c4ccccc4F)ccc31)C[C@@H](O)[C@@H](O)C2. The van der Waals surface area contributed by atoms with Gasteiger partial charge >= 0.3 is 0 Å². The molecule has 0 amide bonds. The highest BCUT2D eigenvalue weighted by Crippen LogP contribution is 2.41. The Morgan fingerprint density at radius 3 is 2.40 bits per heavy atom. The van der Waals surface area contributed by atoms with Crippen molar-refractivity contribution in [3.05, 3.63) is 84.2 Å². The number of halogens is 1. The van der Waals surface area contributed by atoms with Gasteiger partial charge in [-0.3, -0.25) is 4.90 Å². The molecule has 1 aliphatic carbocycles. The molecule has 214 valence electrons. The van der Waals surface area contributed by atoms with E-state index in [1.807, 2.05) is 35.2 Å². The number of β-amino-alcohol motifs (C(OH)–C–C–N with tert-alkyl or cyclic N) is 1. The van der Waals surface area contributed by atoms with Gasteiger partial charge in [0.15, 0.2) is 0 Å². The summed E-state index contributed by atoms with van der Waals surface area (Å²) in [5.74, 6) is -0.415. The van der Waals surface area contributed by atoms with E-state index in [9.17, 15) is 28.1 Å². The van der Waals surface area contributed by atoms with Crippen molar-refractivity contribution in [1.82, 2.24) is 9.62 Å². The molecule has 8 nitrogen and oxygen atoms in total. The average Bonchev–Trinajstić information content (AvgIpc) is 3.22. The molecule has 10 heteroatoms. The molecule has 0 radical (unpaired) electrons. The molecule has 0 bridgehead atoms. The van der Waals surface area contributed by atoms with E-state index >= 15 is 0 Å². The number of hydrogen-bond donors (Lipinski definition) is 4. The van der Waals surface area contributed by atoms with Crippen molar-refractivity contribution in [1.29, 1.82) is 0 Å². The van der Waals surface area contributed by atoms with Gasteiger partial charge in [-0.25, -0.2) is 17.5 Å². The number of nitrogens with one attached hydrogen (secondary N) is 1. The van der Waals surface area contributed by atoms with Gasteiger partial charge in [0.2, 0.25) is 10.0 Å². The fourth-order valence-corrected chi connectivity index (χ4v) is 6.96. The molecule has 1 spiro atoms. The summed E-state index contributed by atoms with van der Waals surface area (Å²) < 4.78 is 49.9. The maximum atomic E-state index is 14.6. The van der Waals surface area contributed by atoms with Crippen LogP contribution in [0.5, 0.6) is 5.75 Å². The standard InChI is InChI=1S/C30H35FN2O6S/c31-25-9-5-4-8-24(25)22-10-11-29-28(14-22)39-20-30(15-26(35)27(36)16-30)19-33(13-12-21-6-2-1-3-7-21)18-23(34)17-32-40(29,37)38/h1-11,14,23,26-27,32,34-36H,12-13,15-20H2/t23-,26-,27+,30?/m0/s1. The van der Waals surface area contributed by atoms with Crippen molar-refractivity contribution in [2.24, 2.45) is 5.41 Å². The van der Waals surface area contributed by atoms with Gasteiger partial charge in [-0.2, -0.15) is 0 Å². The molecule has 1 unspecified atom stereocenters. The summed E-state index contributed by atoms with van der Waals surface area (Å²) >= 11 is 0. The molecule has 5 rings (SSSR count). The number of fused-ring (bicyclic) bond motifs is 1. The van der Waals surface area contributed by atoms with Crippen molar-refractivity contribution >= 4 is 10.0 Å². The minimum Gasteiger partial charge on any atom is -0.492 e. The van der Waals surface area contributed by atoms with Gasteiger partial charge in [0, 0.05) is 37.2 Å². The van der Waals surface area contributed by atoms with Gasteiger partial charge in [-0.1, -0.05) is 54.6 Å². The number of aliphatic hydroxyl groups is 3. The molecule has 4 N–H and O–H groups in total. The molecule has 4 atom stereocenters. The third-order valence-corrected chi connectivity index (χ3v) is 9.24. The third kappa shape index (κ3) is 6.54. The molecule has 0 aromatic heterocycles. The molecule has 1 aliphatic heterocycles. The molecule has 1 fully saturated rings. The first-order valence-corrected chi connectivity index (χ1v) is 14.9. The lowest BCUT2D eigenvalue weighted by Crippen LogP contribution is -2.47. The van der Waals surface area contributed by atoms with E-state index in [0.29, 0.717) is 30.6 Å². The van der Waals surface area contributed by atoms with Gasteiger partial charge in [0.05, 0.1) is 24.9 Å². The summed E-state index contributed by atoms with van der Waals surface area (Å²) in [4.78, 5) is 1.91. The predicted molar refractivity (Wildman–Crippen MR) is 149 cm³/mol. The van der Waals surface area contributed by atoms with E-state index in [1.54, 1.807) is 18.2 Å². The Labute approximate surface area is 234 Å². The zero-order chi connectivity index (χ0) is 28.3. The highest BCUT2D eigenvalue weighted by atomic mass is 32.2. The first-order valence-electron chi connectivity index (χ1n) is 13.5. The number of benzene rings is 3. The van der Waals surface area contributed by atoms with Gasteiger partial charge in [-0.05, 0) is 48.6 Å². The first kappa shape index (κ1) is 28.7. The van der Waals surface area contributed by atoms with Crippen LogP contribution >= 0.6 is 0 Å². The van der Waals surface area contributed by atoms with E-state index in [4.69, 9.17) is 4.74 Å². The smallest absolute Gasteiger partial charge is 0.244 e. The Morgan fingerprint density at radius 2 is 1.68 bits per heavy atom. The maximum absolute atomic E-state index is 14.6. The van der Waals surface area contributed by atoms with Crippen LogP contribution in [0.4, 0.5) is 4.39 Å². The molecular weight excluding hydrogens is 535 g/mol. The molecule has 1 heterocycles. The average molecular weight is 571 g/mol. The number of aliphatic hydroxyl groups excluding tert-OH is 3. The lowest BCUT2D eigenvalue weighted by atomic mass is 9.85. The molecule has 3 aromatic carbocycles. The Hall–Kier alpha value is -2.86. The minimum atomic E-state index is -4.09. The van der Waals surface area contributed by atoms with Crippen LogP contribution in [-0.4, -0.2) is 79.7 Å². The quantitative estimate of drug-likeness (QED) is 0.381. The summed E-state index contributed by atoms with van der Waals surface area (Å²) in [6, 6.07) is 20.5. The largest absolute Gasteiger partial charge is 0.492 e. The second-order valence-corrected chi connectivity index (χ2v) is 12.7. The molecule has 0 saturated heterocycles. The monoisotopic (exact) mass is 570 g/mol. The van der Waals surface area contributed by atoms with Crippen LogP contribution in [0.25, 0.3) is 11.1 Å². The number of hydrogen-bond acceptors (Lipinski definition) is 7. The van der Waals surface area contributed by atoms with E-state index in [2.05, 4.69) is 4.72 Å². The number of ether oxygens (including phenoxy) is 1. The van der Waals surface area contributed by atoms with E-state index in [1.165, 1.54) is 24.3 Å². The Bertz CT molecular complexity index is 1410. The van der Waals surface area contributed by atoms with Crippen LogP contribution in [0, 0.1) is 11.2 Å². The van der Waals surface area contributed by atoms with Gasteiger partial charge in [0.25, 0.3) is 0 Å². The lowest BCUT2D eigenvalue weighted by molar-refractivity contribution is 0.0438. The molecule has 3 aromatic rings. The highest BCUT2D eigenvalue weighted by molar-refractivity contribution is 7.89. The number of rotatable bonds is 4. The fourth-order valence-electron chi connectivity index (χ4n) is 5.76. The van der Waals surface area contributed by atoms with Crippen molar-refractivity contribution in [3.8, 4) is 16.9 Å². The van der Waals surface area contributed by atoms with Crippen molar-refractivity contribution in [2.75, 3.05) is 32.8 Å². The Balaban J connectivity index is 1.50. The first-order chi connectivity index (χ1) is 19.1. The second kappa shape index (κ2) is 11.9. The summed E-state index contributed by atoms with van der Waals surface area (Å²) in [5, 5.41) is 31.9. The van der Waals surface area contributed by atoms with Crippen molar-refractivity contribution < 1.29 is 32.9 Å². The van der Waals surface area contributed by atoms with Crippen LogP contribution in [-0.2, 0) is 16.4 Å². The van der Waals surface area contributed by atoms with Gasteiger partial charge in [-0.15, -0.1) is 0 Å². The normalized spacial score (nSPS) is 27.4. The van der Waals surface area contributed by atoms with Gasteiger partial charge in [0.1, 0.15) is 16.5 Å². The lowest BCUT2D eigenvalue weighted by Gasteiger charge is -2.37. The molecular formula is C30H35FN2O6S. The summed E-state index contributed by atoms with van der Waals surface area (Å²) in [6.07, 6.45) is -1.70. The van der Waals surface area contributed by atoms with Crippen LogP contribution < -0.4 is 9.46 Å². The summed E-state index contributed by atoms with van der Waals surface area (Å²) in [5.41, 5.74) is 1.16. The van der Waals surface area contributed by atoms with E-state index < -0.39 is 39.6 Å². The van der Waals surface area contributed by atoms with Crippen molar-refractivity contribution in [2.45, 2.75) is 42.5 Å². The van der Waals surface area contributed by atoms with E-state index in [-0.39, 0.29) is 43.2 Å². The van der Waals surface area contributed by atoms with Crippen LogP contribution in [0.2, 0.25) is 0 Å².